The normalized spacial score (nSPS) is 28.8. The maximum absolute atomic E-state index is 13.3. The van der Waals surface area contributed by atoms with Crippen LogP contribution in [0.1, 0.15) is 43.1 Å². The van der Waals surface area contributed by atoms with Crippen LogP contribution in [0.2, 0.25) is 0 Å². The molecule has 0 radical (unpaired) electrons. The minimum absolute atomic E-state index is 0.372. The molecule has 2 saturated heterocycles. The summed E-state index contributed by atoms with van der Waals surface area (Å²) in [6, 6.07) is 2.12. The van der Waals surface area contributed by atoms with E-state index in [1.54, 1.807) is 0 Å². The molecular formula is C23H28F3N5O. The van der Waals surface area contributed by atoms with Crippen molar-refractivity contribution in [3.8, 4) is 11.3 Å². The summed E-state index contributed by atoms with van der Waals surface area (Å²) in [4.78, 5) is 11.2. The number of hydrogen-bond donors (Lipinski definition) is 1. The second-order valence-corrected chi connectivity index (χ2v) is 9.87. The Morgan fingerprint density at radius 1 is 1.09 bits per heavy atom. The Bertz CT molecular complexity index is 1000. The van der Waals surface area contributed by atoms with Crippen LogP contribution < -0.4 is 5.73 Å². The number of rotatable bonds is 5. The Morgan fingerprint density at radius 2 is 1.81 bits per heavy atom. The molecule has 4 heterocycles. The minimum Gasteiger partial charge on any atom is -0.383 e. The number of ether oxygens (including phenoxy) is 1. The van der Waals surface area contributed by atoms with Crippen LogP contribution >= 0.6 is 0 Å². The first-order chi connectivity index (χ1) is 15.4. The van der Waals surface area contributed by atoms with Crippen LogP contribution in [0.15, 0.2) is 18.5 Å². The quantitative estimate of drug-likeness (QED) is 0.756. The van der Waals surface area contributed by atoms with Crippen molar-refractivity contribution in [1.82, 2.24) is 19.4 Å². The van der Waals surface area contributed by atoms with Crippen molar-refractivity contribution in [1.29, 1.82) is 0 Å². The van der Waals surface area contributed by atoms with Crippen molar-refractivity contribution in [2.45, 2.75) is 50.4 Å². The Hall–Kier alpha value is -2.13. The lowest BCUT2D eigenvalue weighted by Gasteiger charge is -2.32. The molecule has 0 amide bonds. The number of imidazole rings is 1. The number of aromatic nitrogens is 3. The van der Waals surface area contributed by atoms with Gasteiger partial charge in [0.05, 0.1) is 11.3 Å². The van der Waals surface area contributed by atoms with Crippen molar-refractivity contribution >= 4 is 5.82 Å². The Kier molecular flexibility index (Phi) is 4.77. The minimum atomic E-state index is -4.53. The van der Waals surface area contributed by atoms with Gasteiger partial charge in [0.1, 0.15) is 11.6 Å². The summed E-state index contributed by atoms with van der Waals surface area (Å²) >= 11 is 0. The molecule has 6 nitrogen and oxygen atoms in total. The third-order valence-corrected chi connectivity index (χ3v) is 7.70. The molecule has 9 heteroatoms. The van der Waals surface area contributed by atoms with Crippen molar-refractivity contribution in [2.75, 3.05) is 32.0 Å². The summed E-state index contributed by atoms with van der Waals surface area (Å²) in [5, 5.41) is 0. The maximum Gasteiger partial charge on any atom is 0.419 e. The van der Waals surface area contributed by atoms with E-state index in [2.05, 4.69) is 14.5 Å². The van der Waals surface area contributed by atoms with Gasteiger partial charge in [-0.2, -0.15) is 13.2 Å². The second-order valence-electron chi connectivity index (χ2n) is 9.87. The lowest BCUT2D eigenvalue weighted by atomic mass is 10.1. The number of piperidine rings is 1. The molecule has 4 aliphatic rings. The van der Waals surface area contributed by atoms with Crippen molar-refractivity contribution < 1.29 is 17.9 Å². The summed E-state index contributed by atoms with van der Waals surface area (Å²) in [6.07, 6.45) is 4.35. The van der Waals surface area contributed by atoms with E-state index in [-0.39, 0.29) is 0 Å². The fraction of sp³-hybridized carbons (Fsp3) is 0.652. The van der Waals surface area contributed by atoms with Gasteiger partial charge in [0.15, 0.2) is 0 Å². The van der Waals surface area contributed by atoms with Gasteiger partial charge in [-0.1, -0.05) is 0 Å². The van der Waals surface area contributed by atoms with Crippen LogP contribution in [-0.4, -0.2) is 51.8 Å². The summed E-state index contributed by atoms with van der Waals surface area (Å²) in [7, 11) is 0. The van der Waals surface area contributed by atoms with E-state index >= 15 is 0 Å². The van der Waals surface area contributed by atoms with E-state index in [1.165, 1.54) is 19.0 Å². The van der Waals surface area contributed by atoms with E-state index in [1.807, 2.05) is 6.20 Å². The van der Waals surface area contributed by atoms with Gasteiger partial charge in [0.25, 0.3) is 0 Å². The van der Waals surface area contributed by atoms with E-state index < -0.39 is 17.6 Å². The van der Waals surface area contributed by atoms with Crippen LogP contribution in [0.25, 0.3) is 11.3 Å². The third kappa shape index (κ3) is 3.69. The lowest BCUT2D eigenvalue weighted by molar-refractivity contribution is -0.137. The predicted octanol–water partition coefficient (Wildman–Crippen LogP) is 3.78. The molecule has 2 saturated carbocycles. The molecule has 6 rings (SSSR count). The Labute approximate surface area is 185 Å². The van der Waals surface area contributed by atoms with Gasteiger partial charge in [0, 0.05) is 62.8 Å². The van der Waals surface area contributed by atoms with Gasteiger partial charge in [-0.05, 0) is 49.5 Å². The molecule has 0 spiro atoms. The number of halogens is 3. The zero-order valence-corrected chi connectivity index (χ0v) is 17.9. The average molecular weight is 448 g/mol. The van der Waals surface area contributed by atoms with Gasteiger partial charge < -0.3 is 15.0 Å². The molecule has 2 aliphatic carbocycles. The van der Waals surface area contributed by atoms with E-state index in [0.29, 0.717) is 41.1 Å². The van der Waals surface area contributed by atoms with E-state index in [9.17, 15) is 13.2 Å². The first-order valence-electron chi connectivity index (χ1n) is 11.6. The Morgan fingerprint density at radius 3 is 2.47 bits per heavy atom. The van der Waals surface area contributed by atoms with Gasteiger partial charge in [0.2, 0.25) is 0 Å². The molecular weight excluding hydrogens is 419 g/mol. The molecule has 0 bridgehead atoms. The zero-order chi connectivity index (χ0) is 22.0. The molecule has 0 aromatic carbocycles. The van der Waals surface area contributed by atoms with Crippen LogP contribution in [-0.2, 0) is 17.3 Å². The highest BCUT2D eigenvalue weighted by Crippen LogP contribution is 2.57. The van der Waals surface area contributed by atoms with Gasteiger partial charge in [-0.3, -0.25) is 4.90 Å². The van der Waals surface area contributed by atoms with Gasteiger partial charge in [-0.25, -0.2) is 9.97 Å². The monoisotopic (exact) mass is 447 g/mol. The molecule has 3 atom stereocenters. The van der Waals surface area contributed by atoms with Crippen LogP contribution in [0.4, 0.5) is 19.0 Å². The first-order valence-corrected chi connectivity index (χ1v) is 11.6. The number of nitrogens with zero attached hydrogens (tertiary/aromatic N) is 4. The van der Waals surface area contributed by atoms with Crippen LogP contribution in [0, 0.1) is 17.8 Å². The smallest absolute Gasteiger partial charge is 0.383 e. The van der Waals surface area contributed by atoms with Crippen molar-refractivity contribution in [2.24, 2.45) is 17.8 Å². The highest BCUT2D eigenvalue weighted by Gasteiger charge is 2.58. The molecule has 2 aromatic heterocycles. The Balaban J connectivity index is 1.25. The maximum atomic E-state index is 13.3. The highest BCUT2D eigenvalue weighted by molar-refractivity contribution is 5.62. The summed E-state index contributed by atoms with van der Waals surface area (Å²) in [5.74, 6) is 2.37. The zero-order valence-electron chi connectivity index (χ0n) is 17.9. The first kappa shape index (κ1) is 20.5. The van der Waals surface area contributed by atoms with Gasteiger partial charge >= 0.3 is 6.18 Å². The second kappa shape index (κ2) is 7.45. The summed E-state index contributed by atoms with van der Waals surface area (Å²) < 4.78 is 47.8. The summed E-state index contributed by atoms with van der Waals surface area (Å²) in [6.45, 7) is 3.90. The van der Waals surface area contributed by atoms with Gasteiger partial charge in [-0.15, -0.1) is 0 Å². The number of fused-ring (bicyclic) bond motifs is 1. The number of hydrogen-bond acceptors (Lipinski definition) is 5. The number of nitrogen functional groups attached to an aromatic ring is 1. The molecule has 32 heavy (non-hydrogen) atoms. The molecule has 1 unspecified atom stereocenters. The fourth-order valence-corrected chi connectivity index (χ4v) is 5.69. The molecule has 4 fully saturated rings. The average Bonchev–Trinajstić information content (AvgIpc) is 3.61. The standard InChI is InChI=1S/C23H28F3N5O/c24-23(25,26)18-8-14(9-28-22(18)27)19-12-31(20(29-19)7-13-1-2-13)21-16-10-30(11-17(16)21)15-3-5-32-6-4-15/h8-9,12-13,15-17,21H,1-7,10-11H2,(H2,27,28)/t16-,17+,21?. The topological polar surface area (TPSA) is 69.2 Å². The van der Waals surface area contributed by atoms with Crippen LogP contribution in [0.3, 0.4) is 0 Å². The molecule has 2 aliphatic heterocycles. The highest BCUT2D eigenvalue weighted by atomic mass is 19.4. The fourth-order valence-electron chi connectivity index (χ4n) is 5.69. The number of nitrogens with two attached hydrogens (primary N) is 1. The van der Waals surface area contributed by atoms with E-state index in [0.717, 1.165) is 57.5 Å². The number of likely N-dealkylation sites (tertiary alicyclic amines) is 1. The van der Waals surface area contributed by atoms with Crippen molar-refractivity contribution in [3.05, 3.63) is 29.8 Å². The SMILES string of the molecule is Nc1ncc(-c2cn(C3[C@H]4CN(C5CCOCC5)C[C@@H]34)c(CC3CC3)n2)cc1C(F)(F)F. The number of alkyl halides is 3. The summed E-state index contributed by atoms with van der Waals surface area (Å²) in [5.41, 5.74) is 5.52. The molecule has 2 aromatic rings. The van der Waals surface area contributed by atoms with E-state index in [4.69, 9.17) is 15.5 Å². The molecule has 2 N–H and O–H groups in total. The molecule has 172 valence electrons. The largest absolute Gasteiger partial charge is 0.419 e. The third-order valence-electron chi connectivity index (χ3n) is 7.70. The number of pyridine rings is 1. The van der Waals surface area contributed by atoms with Crippen LogP contribution in [0.5, 0.6) is 0 Å². The van der Waals surface area contributed by atoms with Crippen molar-refractivity contribution in [3.63, 3.8) is 0 Å². The number of anilines is 1. The predicted molar refractivity (Wildman–Crippen MR) is 113 cm³/mol. The lowest BCUT2D eigenvalue weighted by Crippen LogP contribution is -2.39.